The Morgan fingerprint density at radius 3 is 2.73 bits per heavy atom. The van der Waals surface area contributed by atoms with E-state index >= 15 is 0 Å². The molecular formula is C21H28N2O3. The van der Waals surface area contributed by atoms with Crippen LogP contribution in [0.25, 0.3) is 0 Å². The van der Waals surface area contributed by atoms with Crippen LogP contribution >= 0.6 is 0 Å². The average molecular weight is 356 g/mol. The number of hydrogen-bond acceptors (Lipinski definition) is 5. The molecule has 4 rings (SSSR count). The molecule has 1 unspecified atom stereocenters. The predicted molar refractivity (Wildman–Crippen MR) is 98.6 cm³/mol. The fourth-order valence-corrected chi connectivity index (χ4v) is 3.92. The number of likely N-dealkylation sites (tertiary alicyclic amines) is 1. The summed E-state index contributed by atoms with van der Waals surface area (Å²) in [5, 5.41) is 11.0. The van der Waals surface area contributed by atoms with Crippen molar-refractivity contribution in [2.45, 2.75) is 57.3 Å². The summed E-state index contributed by atoms with van der Waals surface area (Å²) in [6.07, 6.45) is 6.75. The molecule has 2 saturated heterocycles. The zero-order valence-electron chi connectivity index (χ0n) is 15.5. The first-order chi connectivity index (χ1) is 12.6. The Kier molecular flexibility index (Phi) is 5.11. The maximum absolute atomic E-state index is 11.0. The van der Waals surface area contributed by atoms with Gasteiger partial charge in [-0.05, 0) is 62.8 Å². The molecule has 140 valence electrons. The van der Waals surface area contributed by atoms with Crippen molar-refractivity contribution in [3.63, 3.8) is 0 Å². The van der Waals surface area contributed by atoms with Gasteiger partial charge in [-0.15, -0.1) is 0 Å². The lowest BCUT2D eigenvalue weighted by Gasteiger charge is -2.37. The van der Waals surface area contributed by atoms with Crippen molar-refractivity contribution < 1.29 is 14.3 Å². The molecule has 2 aliphatic heterocycles. The van der Waals surface area contributed by atoms with Gasteiger partial charge in [0.15, 0.2) is 0 Å². The van der Waals surface area contributed by atoms with Crippen LogP contribution in [0, 0.1) is 6.92 Å². The van der Waals surface area contributed by atoms with Crippen LogP contribution in [-0.2, 0) is 16.9 Å². The minimum atomic E-state index is -0.811. The highest BCUT2D eigenvalue weighted by Gasteiger charge is 2.35. The fourth-order valence-electron chi connectivity index (χ4n) is 3.92. The Hall–Kier alpha value is -1.69. The van der Waals surface area contributed by atoms with E-state index in [1.807, 2.05) is 25.3 Å². The number of ether oxygens (including phenoxy) is 1. The average Bonchev–Trinajstić information content (AvgIpc) is 3.14. The lowest BCUT2D eigenvalue weighted by atomic mass is 9.87. The van der Waals surface area contributed by atoms with Gasteiger partial charge in [0.2, 0.25) is 0 Å². The molecule has 4 heterocycles. The first-order valence-electron chi connectivity index (χ1n) is 9.70. The highest BCUT2D eigenvalue weighted by molar-refractivity contribution is 5.19. The van der Waals surface area contributed by atoms with Gasteiger partial charge >= 0.3 is 0 Å². The Morgan fingerprint density at radius 1 is 1.19 bits per heavy atom. The fraction of sp³-hybridized carbons (Fsp3) is 0.571. The lowest BCUT2D eigenvalue weighted by molar-refractivity contribution is -0.0328. The summed E-state index contributed by atoms with van der Waals surface area (Å²) in [6, 6.07) is 8.09. The van der Waals surface area contributed by atoms with E-state index in [2.05, 4.69) is 22.0 Å². The standard InChI is InChI=1S/C21H28N2O3/c1-16-5-8-20(22-14-16)21(24)9-11-23(12-10-21)15-17-6-7-19(26-17)18-4-2-3-13-25-18/h5-8,14,18,24H,2-4,9-13,15H2,1H3. The van der Waals surface area contributed by atoms with E-state index in [4.69, 9.17) is 9.15 Å². The van der Waals surface area contributed by atoms with Gasteiger partial charge in [-0.2, -0.15) is 0 Å². The number of aryl methyl sites for hydroxylation is 1. The van der Waals surface area contributed by atoms with Crippen molar-refractivity contribution >= 4 is 0 Å². The molecule has 1 N–H and O–H groups in total. The topological polar surface area (TPSA) is 58.7 Å². The van der Waals surface area contributed by atoms with Crippen LogP contribution in [0.15, 0.2) is 34.9 Å². The highest BCUT2D eigenvalue weighted by atomic mass is 16.5. The van der Waals surface area contributed by atoms with Gasteiger partial charge in [0.05, 0.1) is 12.2 Å². The van der Waals surface area contributed by atoms with Crippen LogP contribution in [0.5, 0.6) is 0 Å². The van der Waals surface area contributed by atoms with Crippen molar-refractivity contribution in [1.29, 1.82) is 0 Å². The molecule has 0 spiro atoms. The van der Waals surface area contributed by atoms with Gasteiger partial charge in [-0.3, -0.25) is 9.88 Å². The van der Waals surface area contributed by atoms with Crippen LogP contribution in [0.2, 0.25) is 0 Å². The number of aromatic nitrogens is 1. The van der Waals surface area contributed by atoms with E-state index in [0.717, 1.165) is 61.9 Å². The van der Waals surface area contributed by atoms with Crippen molar-refractivity contribution in [2.24, 2.45) is 0 Å². The van der Waals surface area contributed by atoms with Gasteiger partial charge in [-0.25, -0.2) is 0 Å². The molecular weight excluding hydrogens is 328 g/mol. The van der Waals surface area contributed by atoms with Gasteiger partial charge in [0, 0.05) is 25.9 Å². The smallest absolute Gasteiger partial charge is 0.133 e. The number of furan rings is 1. The third-order valence-corrected chi connectivity index (χ3v) is 5.63. The molecule has 5 nitrogen and oxygen atoms in total. The quantitative estimate of drug-likeness (QED) is 0.905. The zero-order chi connectivity index (χ0) is 18.0. The van der Waals surface area contributed by atoms with Gasteiger partial charge < -0.3 is 14.3 Å². The van der Waals surface area contributed by atoms with Crippen LogP contribution in [0.3, 0.4) is 0 Å². The van der Waals surface area contributed by atoms with E-state index in [-0.39, 0.29) is 6.10 Å². The molecule has 0 saturated carbocycles. The molecule has 26 heavy (non-hydrogen) atoms. The number of aliphatic hydroxyl groups is 1. The van der Waals surface area contributed by atoms with Crippen LogP contribution in [-0.4, -0.2) is 34.7 Å². The summed E-state index contributed by atoms with van der Waals surface area (Å²) in [4.78, 5) is 6.78. The number of rotatable bonds is 4. The van der Waals surface area contributed by atoms with E-state index < -0.39 is 5.60 Å². The second-order valence-corrected chi connectivity index (χ2v) is 7.69. The normalized spacial score (nSPS) is 23.8. The largest absolute Gasteiger partial charge is 0.462 e. The van der Waals surface area contributed by atoms with E-state index in [9.17, 15) is 5.11 Å². The molecule has 0 bridgehead atoms. The van der Waals surface area contributed by atoms with Crippen molar-refractivity contribution in [2.75, 3.05) is 19.7 Å². The molecule has 0 aromatic carbocycles. The summed E-state index contributed by atoms with van der Waals surface area (Å²) in [6.45, 7) is 5.30. The molecule has 2 aromatic rings. The van der Waals surface area contributed by atoms with E-state index in [1.54, 1.807) is 0 Å². The molecule has 2 aromatic heterocycles. The number of nitrogens with zero attached hydrogens (tertiary/aromatic N) is 2. The van der Waals surface area contributed by atoms with E-state index in [1.165, 1.54) is 6.42 Å². The van der Waals surface area contributed by atoms with Gasteiger partial charge in [0.1, 0.15) is 23.2 Å². The van der Waals surface area contributed by atoms with Crippen LogP contribution in [0.1, 0.15) is 61.0 Å². The highest BCUT2D eigenvalue weighted by Crippen LogP contribution is 2.33. The third kappa shape index (κ3) is 3.85. The first kappa shape index (κ1) is 17.7. The van der Waals surface area contributed by atoms with Gasteiger partial charge in [0.25, 0.3) is 0 Å². The summed E-state index contributed by atoms with van der Waals surface area (Å²) < 4.78 is 11.8. The molecule has 0 amide bonds. The SMILES string of the molecule is Cc1ccc(C2(O)CCN(Cc3ccc(C4CCCCO4)o3)CC2)nc1. The van der Waals surface area contributed by atoms with Crippen molar-refractivity contribution in [1.82, 2.24) is 9.88 Å². The maximum Gasteiger partial charge on any atom is 0.133 e. The molecule has 0 radical (unpaired) electrons. The number of piperidine rings is 1. The second-order valence-electron chi connectivity index (χ2n) is 7.69. The predicted octanol–water partition coefficient (Wildman–Crippen LogP) is 3.71. The van der Waals surface area contributed by atoms with Crippen molar-refractivity contribution in [3.05, 3.63) is 53.2 Å². The van der Waals surface area contributed by atoms with E-state index in [0.29, 0.717) is 12.8 Å². The molecule has 2 aliphatic rings. The Labute approximate surface area is 155 Å². The Balaban J connectivity index is 1.34. The summed E-state index contributed by atoms with van der Waals surface area (Å²) in [7, 11) is 0. The number of hydrogen-bond donors (Lipinski definition) is 1. The van der Waals surface area contributed by atoms with Gasteiger partial charge in [-0.1, -0.05) is 6.07 Å². The monoisotopic (exact) mass is 356 g/mol. The maximum atomic E-state index is 11.0. The second kappa shape index (κ2) is 7.51. The number of pyridine rings is 1. The summed E-state index contributed by atoms with van der Waals surface area (Å²) in [5.41, 5.74) is 1.09. The summed E-state index contributed by atoms with van der Waals surface area (Å²) >= 11 is 0. The zero-order valence-corrected chi connectivity index (χ0v) is 15.5. The molecule has 2 fully saturated rings. The Morgan fingerprint density at radius 2 is 2.04 bits per heavy atom. The molecule has 0 aliphatic carbocycles. The third-order valence-electron chi connectivity index (χ3n) is 5.63. The molecule has 5 heteroatoms. The Bertz CT molecular complexity index is 711. The minimum Gasteiger partial charge on any atom is -0.462 e. The summed E-state index contributed by atoms with van der Waals surface area (Å²) in [5.74, 6) is 1.94. The van der Waals surface area contributed by atoms with Crippen molar-refractivity contribution in [3.8, 4) is 0 Å². The minimum absolute atomic E-state index is 0.122. The lowest BCUT2D eigenvalue weighted by Crippen LogP contribution is -2.42. The molecule has 1 atom stereocenters. The van der Waals surface area contributed by atoms with Crippen LogP contribution < -0.4 is 0 Å². The van der Waals surface area contributed by atoms with Crippen LogP contribution in [0.4, 0.5) is 0 Å². The first-order valence-corrected chi connectivity index (χ1v) is 9.70.